The molecule has 5 nitrogen and oxygen atoms in total. The first-order valence-electron chi connectivity index (χ1n) is 18.8. The van der Waals surface area contributed by atoms with Crippen LogP contribution in [0.4, 0.5) is 0 Å². The smallest absolute Gasteiger partial charge is 0.164 e. The second-order valence-electron chi connectivity index (χ2n) is 14.0. The first kappa shape index (κ1) is 31.9. The lowest BCUT2D eigenvalue weighted by Crippen LogP contribution is -2.00. The molecule has 0 fully saturated rings. The van der Waals surface area contributed by atoms with Crippen LogP contribution in [0.25, 0.3) is 106 Å². The Labute approximate surface area is 322 Å². The van der Waals surface area contributed by atoms with Crippen LogP contribution in [-0.4, -0.2) is 19.5 Å². The van der Waals surface area contributed by atoms with Gasteiger partial charge in [-0.2, -0.15) is 0 Å². The molecule has 56 heavy (non-hydrogen) atoms. The summed E-state index contributed by atoms with van der Waals surface area (Å²) in [6.45, 7) is 0. The van der Waals surface area contributed by atoms with E-state index in [9.17, 15) is 0 Å². The first-order valence-corrected chi connectivity index (χ1v) is 18.8. The standard InChI is InChI=1S/C51H32N4O/c1-5-14-33(15-6-1)36-24-27-41-42-28-25-37(31-46(42)55(45(41)30-36)39-20-11-4-12-21-39)40-22-13-23-44-43-29-26-38(32-47(43)56-48(40)44)51-53-49(34-16-7-2-8-17-34)52-50(54-51)35-18-9-3-10-19-35/h1-32H. The van der Waals surface area contributed by atoms with E-state index in [0.717, 1.165) is 61.0 Å². The van der Waals surface area contributed by atoms with Crippen molar-refractivity contribution in [3.05, 3.63) is 194 Å². The average molecular weight is 717 g/mol. The molecule has 8 aromatic carbocycles. The minimum absolute atomic E-state index is 0.592. The maximum absolute atomic E-state index is 6.80. The summed E-state index contributed by atoms with van der Waals surface area (Å²) in [5, 5.41) is 4.52. The third-order valence-electron chi connectivity index (χ3n) is 10.7. The highest BCUT2D eigenvalue weighted by atomic mass is 16.3. The summed E-state index contributed by atoms with van der Waals surface area (Å²) in [7, 11) is 0. The molecule has 0 aliphatic heterocycles. The van der Waals surface area contributed by atoms with Gasteiger partial charge in [0.25, 0.3) is 0 Å². The highest BCUT2D eigenvalue weighted by Crippen LogP contribution is 2.41. The minimum atomic E-state index is 0.592. The molecule has 0 amide bonds. The summed E-state index contributed by atoms with van der Waals surface area (Å²) >= 11 is 0. The van der Waals surface area contributed by atoms with E-state index in [4.69, 9.17) is 19.4 Å². The van der Waals surface area contributed by atoms with E-state index >= 15 is 0 Å². The molecule has 11 aromatic rings. The lowest BCUT2D eigenvalue weighted by atomic mass is 10.00. The molecule has 262 valence electrons. The summed E-state index contributed by atoms with van der Waals surface area (Å²) in [6.07, 6.45) is 0. The Bertz CT molecular complexity index is 3170. The van der Waals surface area contributed by atoms with E-state index in [0.29, 0.717) is 17.5 Å². The number of hydrogen-bond donors (Lipinski definition) is 0. The normalized spacial score (nSPS) is 11.6. The zero-order valence-electron chi connectivity index (χ0n) is 30.2. The van der Waals surface area contributed by atoms with E-state index in [-0.39, 0.29) is 0 Å². The molecule has 0 bridgehead atoms. The van der Waals surface area contributed by atoms with Gasteiger partial charge in [-0.25, -0.2) is 15.0 Å². The van der Waals surface area contributed by atoms with Gasteiger partial charge in [0.1, 0.15) is 11.2 Å². The maximum atomic E-state index is 6.80. The van der Waals surface area contributed by atoms with E-state index in [1.807, 2.05) is 60.7 Å². The van der Waals surface area contributed by atoms with Crippen LogP contribution in [0.5, 0.6) is 0 Å². The largest absolute Gasteiger partial charge is 0.455 e. The molecule has 0 N–H and O–H groups in total. The number of furan rings is 1. The Morgan fingerprint density at radius 2 is 0.839 bits per heavy atom. The van der Waals surface area contributed by atoms with Crippen LogP contribution >= 0.6 is 0 Å². The predicted molar refractivity (Wildman–Crippen MR) is 229 cm³/mol. The summed E-state index contributed by atoms with van der Waals surface area (Å²) in [4.78, 5) is 14.8. The average Bonchev–Trinajstić information content (AvgIpc) is 3.82. The van der Waals surface area contributed by atoms with Gasteiger partial charge < -0.3 is 8.98 Å². The van der Waals surface area contributed by atoms with E-state index in [1.54, 1.807) is 0 Å². The van der Waals surface area contributed by atoms with Gasteiger partial charge in [0.05, 0.1) is 11.0 Å². The van der Waals surface area contributed by atoms with Crippen LogP contribution in [0.15, 0.2) is 199 Å². The fourth-order valence-corrected chi connectivity index (χ4v) is 7.95. The number of rotatable bonds is 6. The molecule has 3 heterocycles. The summed E-state index contributed by atoms with van der Waals surface area (Å²) in [5.41, 5.74) is 12.3. The van der Waals surface area contributed by atoms with Crippen LogP contribution < -0.4 is 0 Å². The number of nitrogens with zero attached hydrogens (tertiary/aromatic N) is 4. The lowest BCUT2D eigenvalue weighted by Gasteiger charge is -2.10. The Hall–Kier alpha value is -7.63. The fourth-order valence-electron chi connectivity index (χ4n) is 7.95. The summed E-state index contributed by atoms with van der Waals surface area (Å²) < 4.78 is 9.19. The minimum Gasteiger partial charge on any atom is -0.455 e. The van der Waals surface area contributed by atoms with Gasteiger partial charge in [-0.15, -0.1) is 0 Å². The molecule has 11 rings (SSSR count). The quantitative estimate of drug-likeness (QED) is 0.172. The molecule has 0 aliphatic carbocycles. The number of aromatic nitrogens is 4. The van der Waals surface area contributed by atoms with Crippen molar-refractivity contribution in [2.24, 2.45) is 0 Å². The SMILES string of the molecule is c1ccc(-c2ccc3c4ccc(-c5cccc6c5oc5cc(-c7nc(-c8ccccc8)nc(-c8ccccc8)n7)ccc56)cc4n(-c4ccccc4)c3c2)cc1. The fraction of sp³-hybridized carbons (Fsp3) is 0. The Kier molecular flexibility index (Phi) is 7.42. The van der Waals surface area contributed by atoms with Crippen LogP contribution in [0.3, 0.4) is 0 Å². The van der Waals surface area contributed by atoms with E-state index in [1.165, 1.54) is 27.4 Å². The summed E-state index contributed by atoms with van der Waals surface area (Å²) in [6, 6.07) is 67.5. The predicted octanol–water partition coefficient (Wildman–Crippen LogP) is 13.2. The molecule has 0 saturated carbocycles. The van der Waals surface area contributed by atoms with Crippen LogP contribution in [0.2, 0.25) is 0 Å². The van der Waals surface area contributed by atoms with Crippen LogP contribution in [-0.2, 0) is 0 Å². The maximum Gasteiger partial charge on any atom is 0.164 e. The molecule has 3 aromatic heterocycles. The molecule has 5 heteroatoms. The zero-order valence-corrected chi connectivity index (χ0v) is 30.2. The van der Waals surface area contributed by atoms with Gasteiger partial charge in [0.2, 0.25) is 0 Å². The van der Waals surface area contributed by atoms with Gasteiger partial charge >= 0.3 is 0 Å². The third-order valence-corrected chi connectivity index (χ3v) is 10.7. The molecule has 0 aliphatic rings. The number of hydrogen-bond acceptors (Lipinski definition) is 4. The molecule has 0 atom stereocenters. The number of benzene rings is 8. The highest BCUT2D eigenvalue weighted by Gasteiger charge is 2.19. The number of fused-ring (bicyclic) bond motifs is 6. The monoisotopic (exact) mass is 716 g/mol. The van der Waals surface area contributed by atoms with Crippen molar-refractivity contribution in [1.29, 1.82) is 0 Å². The highest BCUT2D eigenvalue weighted by molar-refractivity contribution is 6.13. The van der Waals surface area contributed by atoms with Gasteiger partial charge in [0.15, 0.2) is 17.5 Å². The second-order valence-corrected chi connectivity index (χ2v) is 14.0. The van der Waals surface area contributed by atoms with Crippen molar-refractivity contribution >= 4 is 43.7 Å². The lowest BCUT2D eigenvalue weighted by molar-refractivity contribution is 0.670. The van der Waals surface area contributed by atoms with Gasteiger partial charge in [-0.3, -0.25) is 0 Å². The van der Waals surface area contributed by atoms with Crippen molar-refractivity contribution in [2.75, 3.05) is 0 Å². The second kappa shape index (κ2) is 13.0. The summed E-state index contributed by atoms with van der Waals surface area (Å²) in [5.74, 6) is 1.84. The molecule has 0 spiro atoms. The van der Waals surface area contributed by atoms with E-state index in [2.05, 4.69) is 138 Å². The molecular weight excluding hydrogens is 685 g/mol. The Balaban J connectivity index is 1.06. The van der Waals surface area contributed by atoms with Crippen LogP contribution in [0, 0.1) is 0 Å². The Morgan fingerprint density at radius 1 is 0.339 bits per heavy atom. The Morgan fingerprint density at radius 3 is 1.46 bits per heavy atom. The van der Waals surface area contributed by atoms with Crippen LogP contribution in [0.1, 0.15) is 0 Å². The van der Waals surface area contributed by atoms with Gasteiger partial charge in [-0.05, 0) is 53.1 Å². The molecule has 0 saturated heterocycles. The van der Waals surface area contributed by atoms with Crippen molar-refractivity contribution < 1.29 is 4.42 Å². The topological polar surface area (TPSA) is 56.7 Å². The molecular formula is C51H32N4O. The molecule has 0 unspecified atom stereocenters. The van der Waals surface area contributed by atoms with E-state index < -0.39 is 0 Å². The third kappa shape index (κ3) is 5.37. The zero-order chi connectivity index (χ0) is 37.0. The van der Waals surface area contributed by atoms with Gasteiger partial charge in [0, 0.05) is 49.5 Å². The van der Waals surface area contributed by atoms with Crippen molar-refractivity contribution in [3.63, 3.8) is 0 Å². The van der Waals surface area contributed by atoms with Crippen molar-refractivity contribution in [2.45, 2.75) is 0 Å². The van der Waals surface area contributed by atoms with Crippen molar-refractivity contribution in [3.8, 4) is 62.1 Å². The number of para-hydroxylation sites is 2. The van der Waals surface area contributed by atoms with Crippen molar-refractivity contribution in [1.82, 2.24) is 19.5 Å². The van der Waals surface area contributed by atoms with Gasteiger partial charge in [-0.1, -0.05) is 158 Å². The molecule has 0 radical (unpaired) electrons. The first-order chi connectivity index (χ1) is 27.7.